The van der Waals surface area contributed by atoms with Gasteiger partial charge >= 0.3 is 0 Å². The number of benzene rings is 1. The Balaban J connectivity index is 1.57. The maximum atomic E-state index is 13.4. The van der Waals surface area contributed by atoms with E-state index in [0.717, 1.165) is 0 Å². The first-order chi connectivity index (χ1) is 17.9. The first-order valence-electron chi connectivity index (χ1n) is 10.6. The van der Waals surface area contributed by atoms with Crippen LogP contribution in [0.3, 0.4) is 0 Å². The van der Waals surface area contributed by atoms with Crippen molar-refractivity contribution in [2.45, 2.75) is 10.8 Å². The molecule has 186 valence electrons. The number of hydrogen-bond acceptors (Lipinski definition) is 11. The first-order valence-corrected chi connectivity index (χ1v) is 12.8. The molecule has 4 aromatic rings. The lowest BCUT2D eigenvalue weighted by atomic mass is 9.98. The van der Waals surface area contributed by atoms with Gasteiger partial charge in [-0.1, -0.05) is 23.4 Å². The number of nitriles is 2. The molecule has 0 atom stereocenters. The number of halogens is 2. The molecule has 0 saturated heterocycles. The van der Waals surface area contributed by atoms with Crippen LogP contribution in [0.15, 0.2) is 46.9 Å². The lowest BCUT2D eigenvalue weighted by molar-refractivity contribution is 0.196. The summed E-state index contributed by atoms with van der Waals surface area (Å²) in [5.74, 6) is 0.156. The van der Waals surface area contributed by atoms with E-state index in [0.29, 0.717) is 44.3 Å². The van der Waals surface area contributed by atoms with Crippen LogP contribution in [0.4, 0.5) is 21.0 Å². The number of ether oxygens (including phenoxy) is 1. The molecule has 9 nitrogen and oxygen atoms in total. The highest BCUT2D eigenvalue weighted by Gasteiger charge is 2.21. The van der Waals surface area contributed by atoms with Crippen LogP contribution < -0.4 is 15.8 Å². The maximum Gasteiger partial charge on any atom is 0.213 e. The van der Waals surface area contributed by atoms with Gasteiger partial charge in [0.15, 0.2) is 5.13 Å². The molecule has 3 heterocycles. The van der Waals surface area contributed by atoms with Gasteiger partial charge in [0.25, 0.3) is 0 Å². The SMILES string of the molecule is N#Cc1c(N)nc(SCc2csc(Nc3ccc(F)c(Cl)c3)n2)c(C#N)c1-c1ccc(OCCO)nc1. The molecule has 0 bridgehead atoms. The predicted molar refractivity (Wildman–Crippen MR) is 140 cm³/mol. The topological polar surface area (TPSA) is 154 Å². The third kappa shape index (κ3) is 6.07. The zero-order valence-corrected chi connectivity index (χ0v) is 21.3. The van der Waals surface area contributed by atoms with Crippen LogP contribution in [0.5, 0.6) is 5.88 Å². The number of hydrogen-bond donors (Lipinski definition) is 3. The molecule has 0 aliphatic carbocycles. The van der Waals surface area contributed by atoms with Crippen LogP contribution in [-0.4, -0.2) is 33.3 Å². The summed E-state index contributed by atoms with van der Waals surface area (Å²) in [6.07, 6.45) is 1.47. The molecule has 0 unspecified atom stereocenters. The number of thiazole rings is 1. The number of aliphatic hydroxyl groups is 1. The first kappa shape index (κ1) is 26.1. The maximum absolute atomic E-state index is 13.4. The summed E-state index contributed by atoms with van der Waals surface area (Å²) in [6, 6.07) is 11.7. The van der Waals surface area contributed by atoms with Gasteiger partial charge < -0.3 is 20.9 Å². The van der Waals surface area contributed by atoms with E-state index in [9.17, 15) is 14.9 Å². The summed E-state index contributed by atoms with van der Waals surface area (Å²) in [5, 5.41) is 34.4. The van der Waals surface area contributed by atoms with Crippen molar-refractivity contribution in [1.82, 2.24) is 15.0 Å². The quantitative estimate of drug-likeness (QED) is 0.238. The van der Waals surface area contributed by atoms with Gasteiger partial charge in [0, 0.05) is 40.2 Å². The Morgan fingerprint density at radius 1 is 1.19 bits per heavy atom. The molecule has 0 aliphatic heterocycles. The smallest absolute Gasteiger partial charge is 0.213 e. The molecule has 4 N–H and O–H groups in total. The van der Waals surface area contributed by atoms with Crippen molar-refractivity contribution in [2.24, 2.45) is 0 Å². The molecule has 4 rings (SSSR count). The van der Waals surface area contributed by atoms with Crippen molar-refractivity contribution in [2.75, 3.05) is 24.3 Å². The third-order valence-corrected chi connectivity index (χ3v) is 6.97. The van der Waals surface area contributed by atoms with Gasteiger partial charge in [0.2, 0.25) is 5.88 Å². The minimum atomic E-state index is -0.507. The van der Waals surface area contributed by atoms with Gasteiger partial charge in [-0.2, -0.15) is 10.5 Å². The molecule has 13 heteroatoms. The number of rotatable bonds is 9. The van der Waals surface area contributed by atoms with Gasteiger partial charge in [-0.3, -0.25) is 0 Å². The highest BCUT2D eigenvalue weighted by molar-refractivity contribution is 7.98. The number of aromatic nitrogens is 3. The van der Waals surface area contributed by atoms with Crippen LogP contribution in [0, 0.1) is 28.5 Å². The fourth-order valence-electron chi connectivity index (χ4n) is 3.23. The number of nitrogens with two attached hydrogens (primary N) is 1. The summed E-state index contributed by atoms with van der Waals surface area (Å²) < 4.78 is 18.7. The summed E-state index contributed by atoms with van der Waals surface area (Å²) >= 11 is 8.44. The molecule has 0 fully saturated rings. The van der Waals surface area contributed by atoms with Gasteiger partial charge in [0.1, 0.15) is 41.0 Å². The molecule has 3 aromatic heterocycles. The van der Waals surface area contributed by atoms with E-state index in [-0.39, 0.29) is 35.2 Å². The van der Waals surface area contributed by atoms with E-state index in [1.165, 1.54) is 41.4 Å². The summed E-state index contributed by atoms with van der Waals surface area (Å²) in [5.41, 5.74) is 8.49. The van der Waals surface area contributed by atoms with Gasteiger partial charge in [-0.15, -0.1) is 11.3 Å². The van der Waals surface area contributed by atoms with Gasteiger partial charge in [-0.25, -0.2) is 19.3 Å². The standard InChI is InChI=1S/C24H17ClFN7O2S2/c25-18-7-14(2-3-19(18)26)31-24-32-15(12-37-24)11-36-23-17(9-28)21(16(8-27)22(29)33-23)13-1-4-20(30-10-13)35-6-5-34/h1-4,7,10,12,34H,5-6,11H2,(H2,29,33)(H,31,32). The van der Waals surface area contributed by atoms with Crippen molar-refractivity contribution in [3.05, 3.63) is 69.6 Å². The minimum Gasteiger partial charge on any atom is -0.475 e. The fraction of sp³-hybridized carbons (Fsp3) is 0.125. The van der Waals surface area contributed by atoms with Crippen molar-refractivity contribution < 1.29 is 14.2 Å². The zero-order valence-electron chi connectivity index (χ0n) is 18.9. The Kier molecular flexibility index (Phi) is 8.38. The second kappa shape index (κ2) is 11.9. The van der Waals surface area contributed by atoms with Crippen molar-refractivity contribution in [1.29, 1.82) is 10.5 Å². The minimum absolute atomic E-state index is 0.00387. The second-order valence-corrected chi connectivity index (χ2v) is 9.52. The molecule has 37 heavy (non-hydrogen) atoms. The van der Waals surface area contributed by atoms with E-state index < -0.39 is 5.82 Å². The number of pyridine rings is 2. The normalized spacial score (nSPS) is 10.5. The largest absolute Gasteiger partial charge is 0.475 e. The van der Waals surface area contributed by atoms with Crippen LogP contribution in [0.25, 0.3) is 11.1 Å². The highest BCUT2D eigenvalue weighted by atomic mass is 35.5. The van der Waals surface area contributed by atoms with E-state index in [1.807, 2.05) is 11.4 Å². The molecule has 0 spiro atoms. The van der Waals surface area contributed by atoms with Crippen LogP contribution in [-0.2, 0) is 5.75 Å². The number of nitrogen functional groups attached to an aromatic ring is 1. The predicted octanol–water partition coefficient (Wildman–Crippen LogP) is 5.13. The number of aliphatic hydroxyl groups excluding tert-OH is 1. The summed E-state index contributed by atoms with van der Waals surface area (Å²) in [7, 11) is 0. The van der Waals surface area contributed by atoms with Crippen molar-refractivity contribution >= 4 is 51.3 Å². The Labute approximate surface area is 224 Å². The monoisotopic (exact) mass is 553 g/mol. The lowest BCUT2D eigenvalue weighted by Crippen LogP contribution is -2.05. The number of anilines is 3. The van der Waals surface area contributed by atoms with Crippen molar-refractivity contribution in [3.8, 4) is 29.1 Å². The average molecular weight is 554 g/mol. The van der Waals surface area contributed by atoms with Crippen LogP contribution in [0.2, 0.25) is 5.02 Å². The number of nitrogens with zero attached hydrogens (tertiary/aromatic N) is 5. The van der Waals surface area contributed by atoms with Crippen molar-refractivity contribution in [3.63, 3.8) is 0 Å². The molecule has 0 saturated carbocycles. The number of nitrogens with one attached hydrogen (secondary N) is 1. The Bertz CT molecular complexity index is 1520. The Morgan fingerprint density at radius 3 is 2.68 bits per heavy atom. The summed E-state index contributed by atoms with van der Waals surface area (Å²) in [4.78, 5) is 13.0. The molecular weight excluding hydrogens is 537 g/mol. The number of thioether (sulfide) groups is 1. The zero-order chi connectivity index (χ0) is 26.4. The molecular formula is C24H17ClFN7O2S2. The second-order valence-electron chi connectivity index (χ2n) is 7.29. The van der Waals surface area contributed by atoms with E-state index in [2.05, 4.69) is 26.3 Å². The fourth-order valence-corrected chi connectivity index (χ4v) is 5.13. The highest BCUT2D eigenvalue weighted by Crippen LogP contribution is 2.37. The van der Waals surface area contributed by atoms with E-state index in [4.69, 9.17) is 27.2 Å². The van der Waals surface area contributed by atoms with E-state index >= 15 is 0 Å². The van der Waals surface area contributed by atoms with Crippen LogP contribution >= 0.6 is 34.7 Å². The molecule has 0 amide bonds. The lowest BCUT2D eigenvalue weighted by Gasteiger charge is -2.13. The summed E-state index contributed by atoms with van der Waals surface area (Å²) in [6.45, 7) is -0.0626. The Morgan fingerprint density at radius 2 is 2.00 bits per heavy atom. The average Bonchev–Trinajstić information content (AvgIpc) is 3.35. The third-order valence-electron chi connectivity index (χ3n) is 4.86. The molecule has 0 aliphatic rings. The van der Waals surface area contributed by atoms with Crippen LogP contribution in [0.1, 0.15) is 16.8 Å². The van der Waals surface area contributed by atoms with Gasteiger partial charge in [0.05, 0.1) is 22.9 Å². The molecule has 1 aromatic carbocycles. The van der Waals surface area contributed by atoms with E-state index in [1.54, 1.807) is 18.2 Å². The Hall–Kier alpha value is -3.94. The van der Waals surface area contributed by atoms with Gasteiger partial charge in [-0.05, 0) is 24.3 Å². The molecule has 0 radical (unpaired) electrons.